The van der Waals surface area contributed by atoms with Gasteiger partial charge < -0.3 is 20.7 Å². The summed E-state index contributed by atoms with van der Waals surface area (Å²) in [4.78, 5) is 31.4. The van der Waals surface area contributed by atoms with Crippen LogP contribution in [0.2, 0.25) is 0 Å². The maximum atomic E-state index is 11.0. The van der Waals surface area contributed by atoms with Crippen molar-refractivity contribution in [2.45, 2.75) is 31.7 Å². The van der Waals surface area contributed by atoms with E-state index in [4.69, 9.17) is 15.9 Å². The van der Waals surface area contributed by atoms with Crippen LogP contribution in [0.25, 0.3) is 0 Å². The van der Waals surface area contributed by atoms with Gasteiger partial charge in [-0.2, -0.15) is 0 Å². The Labute approximate surface area is 92.2 Å². The van der Waals surface area contributed by atoms with Crippen molar-refractivity contribution in [3.8, 4) is 0 Å². The van der Waals surface area contributed by atoms with Gasteiger partial charge in [0, 0.05) is 19.3 Å². The molecule has 0 fully saturated rings. The van der Waals surface area contributed by atoms with Crippen LogP contribution in [0.5, 0.6) is 0 Å². The van der Waals surface area contributed by atoms with E-state index in [1.54, 1.807) is 0 Å². The van der Waals surface area contributed by atoms with Crippen molar-refractivity contribution >= 4 is 17.9 Å². The quantitative estimate of drug-likeness (QED) is 0.486. The highest BCUT2D eigenvalue weighted by Crippen LogP contribution is 1.99. The van der Waals surface area contributed by atoms with Gasteiger partial charge in [0.05, 0.1) is 6.61 Å². The van der Waals surface area contributed by atoms with E-state index in [0.29, 0.717) is 0 Å². The highest BCUT2D eigenvalue weighted by atomic mass is 16.5. The molecule has 0 heterocycles. The topological polar surface area (TPSA) is 127 Å². The monoisotopic (exact) mass is 233 g/mol. The zero-order chi connectivity index (χ0) is 12.6. The van der Waals surface area contributed by atoms with Crippen LogP contribution in [0.15, 0.2) is 0 Å². The first-order chi connectivity index (χ1) is 7.43. The molecule has 0 amide bonds. The van der Waals surface area contributed by atoms with Gasteiger partial charge in [0.25, 0.3) is 0 Å². The van der Waals surface area contributed by atoms with Crippen LogP contribution in [0.1, 0.15) is 25.7 Å². The Balaban J connectivity index is 3.51. The van der Waals surface area contributed by atoms with Gasteiger partial charge in [-0.1, -0.05) is 0 Å². The van der Waals surface area contributed by atoms with Crippen molar-refractivity contribution < 1.29 is 29.3 Å². The van der Waals surface area contributed by atoms with Gasteiger partial charge in [-0.3, -0.25) is 14.4 Å². The molecule has 0 aromatic rings. The molecule has 0 saturated heterocycles. The maximum Gasteiger partial charge on any atom is 0.320 e. The summed E-state index contributed by atoms with van der Waals surface area (Å²) in [5.74, 6) is -2.67. The van der Waals surface area contributed by atoms with Crippen LogP contribution in [-0.4, -0.2) is 40.8 Å². The van der Waals surface area contributed by atoms with Crippen LogP contribution in [0.3, 0.4) is 0 Å². The number of hydrogen-bond donors (Lipinski definition) is 3. The van der Waals surface area contributed by atoms with E-state index >= 15 is 0 Å². The number of hydrogen-bond acceptors (Lipinski definition) is 5. The van der Waals surface area contributed by atoms with Crippen LogP contribution < -0.4 is 5.73 Å². The minimum absolute atomic E-state index is 0.00854. The second kappa shape index (κ2) is 7.63. The second-order valence-corrected chi connectivity index (χ2v) is 3.20. The predicted molar refractivity (Wildman–Crippen MR) is 52.7 cm³/mol. The molecule has 0 aliphatic carbocycles. The third-order valence-corrected chi connectivity index (χ3v) is 1.78. The summed E-state index contributed by atoms with van der Waals surface area (Å²) in [6, 6.07) is -1.05. The lowest BCUT2D eigenvalue weighted by Gasteiger charge is -2.07. The number of ether oxygens (including phenoxy) is 1. The smallest absolute Gasteiger partial charge is 0.320 e. The molecule has 0 aromatic heterocycles. The van der Waals surface area contributed by atoms with E-state index in [0.717, 1.165) is 0 Å². The van der Waals surface area contributed by atoms with E-state index in [1.165, 1.54) is 0 Å². The summed E-state index contributed by atoms with van der Waals surface area (Å²) in [5, 5.41) is 16.7. The number of nitrogens with two attached hydrogens (primary N) is 1. The van der Waals surface area contributed by atoms with Crippen LogP contribution in [-0.2, 0) is 19.1 Å². The number of carbonyl (C=O) groups excluding carboxylic acids is 1. The third-order valence-electron chi connectivity index (χ3n) is 1.78. The van der Waals surface area contributed by atoms with Crippen molar-refractivity contribution in [2.24, 2.45) is 5.73 Å². The molecule has 0 aliphatic heterocycles. The van der Waals surface area contributed by atoms with Crippen LogP contribution in [0, 0.1) is 0 Å². The first-order valence-corrected chi connectivity index (χ1v) is 4.79. The number of carboxylic acid groups (broad SMARTS) is 2. The molecular weight excluding hydrogens is 218 g/mol. The molecule has 0 radical (unpaired) electrons. The standard InChI is InChI=1S/C9H15NO6/c10-6(9(14)15)4-5-16-8(13)3-1-2-7(11)12/h6H,1-5,10H2,(H,11,12)(H,14,15)/t6-/m0/s1. The molecule has 0 aromatic carbocycles. The summed E-state index contributed by atoms with van der Waals surface area (Å²) in [6.45, 7) is -0.0701. The zero-order valence-electron chi connectivity index (χ0n) is 8.72. The Morgan fingerprint density at radius 2 is 1.81 bits per heavy atom. The molecule has 0 aliphatic rings. The first-order valence-electron chi connectivity index (χ1n) is 4.79. The SMILES string of the molecule is N[C@@H](CCOC(=O)CCCC(=O)O)C(=O)O. The van der Waals surface area contributed by atoms with Gasteiger partial charge >= 0.3 is 17.9 Å². The van der Waals surface area contributed by atoms with Gasteiger partial charge in [0.15, 0.2) is 0 Å². The summed E-state index contributed by atoms with van der Waals surface area (Å²) < 4.78 is 4.67. The molecule has 4 N–H and O–H groups in total. The Bertz CT molecular complexity index is 265. The fraction of sp³-hybridized carbons (Fsp3) is 0.667. The van der Waals surface area contributed by atoms with E-state index < -0.39 is 23.9 Å². The molecule has 16 heavy (non-hydrogen) atoms. The fourth-order valence-corrected chi connectivity index (χ4v) is 0.879. The van der Waals surface area contributed by atoms with Crippen LogP contribution in [0.4, 0.5) is 0 Å². The molecule has 7 heteroatoms. The van der Waals surface area contributed by atoms with E-state index in [2.05, 4.69) is 4.74 Å². The average molecular weight is 233 g/mol. The molecule has 0 rings (SSSR count). The molecular formula is C9H15NO6. The molecule has 0 unspecified atom stereocenters. The first kappa shape index (κ1) is 14.4. The normalized spacial score (nSPS) is 11.8. The summed E-state index contributed by atoms with van der Waals surface area (Å²) in [7, 11) is 0. The lowest BCUT2D eigenvalue weighted by Crippen LogP contribution is -2.31. The number of carbonyl (C=O) groups is 3. The van der Waals surface area contributed by atoms with Crippen molar-refractivity contribution in [1.82, 2.24) is 0 Å². The molecule has 7 nitrogen and oxygen atoms in total. The molecule has 0 bridgehead atoms. The molecule has 0 saturated carbocycles. The Kier molecular flexibility index (Phi) is 6.86. The zero-order valence-corrected chi connectivity index (χ0v) is 8.72. The van der Waals surface area contributed by atoms with Gasteiger partial charge in [0.1, 0.15) is 6.04 Å². The predicted octanol–water partition coefficient (Wildman–Crippen LogP) is -0.414. The van der Waals surface area contributed by atoms with E-state index in [9.17, 15) is 14.4 Å². The van der Waals surface area contributed by atoms with Gasteiger partial charge in [-0.05, 0) is 6.42 Å². The number of carboxylic acids is 2. The fourth-order valence-electron chi connectivity index (χ4n) is 0.879. The highest BCUT2D eigenvalue weighted by molar-refractivity contribution is 5.73. The number of aliphatic carboxylic acids is 2. The number of rotatable bonds is 8. The lowest BCUT2D eigenvalue weighted by molar-refractivity contribution is -0.146. The van der Waals surface area contributed by atoms with Gasteiger partial charge in [-0.25, -0.2) is 0 Å². The Hall–Kier alpha value is -1.63. The molecule has 0 spiro atoms. The highest BCUT2D eigenvalue weighted by Gasteiger charge is 2.12. The summed E-state index contributed by atoms with van der Waals surface area (Å²) >= 11 is 0. The van der Waals surface area contributed by atoms with Gasteiger partial charge in [0.2, 0.25) is 0 Å². The average Bonchev–Trinajstić information content (AvgIpc) is 2.16. The lowest BCUT2D eigenvalue weighted by atomic mass is 10.2. The number of esters is 1. The van der Waals surface area contributed by atoms with Crippen molar-refractivity contribution in [3.63, 3.8) is 0 Å². The second-order valence-electron chi connectivity index (χ2n) is 3.20. The molecule has 92 valence electrons. The maximum absolute atomic E-state index is 11.0. The van der Waals surface area contributed by atoms with Crippen molar-refractivity contribution in [3.05, 3.63) is 0 Å². The summed E-state index contributed by atoms with van der Waals surface area (Å²) in [6.07, 6.45) is 0.164. The Morgan fingerprint density at radius 1 is 1.19 bits per heavy atom. The third kappa shape index (κ3) is 7.74. The molecule has 1 atom stereocenters. The van der Waals surface area contributed by atoms with Gasteiger partial charge in [-0.15, -0.1) is 0 Å². The minimum atomic E-state index is -1.15. The van der Waals surface area contributed by atoms with E-state index in [1.807, 2.05) is 0 Å². The summed E-state index contributed by atoms with van der Waals surface area (Å²) in [5.41, 5.74) is 5.17. The minimum Gasteiger partial charge on any atom is -0.481 e. The van der Waals surface area contributed by atoms with E-state index in [-0.39, 0.29) is 32.3 Å². The Morgan fingerprint density at radius 3 is 2.31 bits per heavy atom. The van der Waals surface area contributed by atoms with Crippen molar-refractivity contribution in [2.75, 3.05) is 6.61 Å². The van der Waals surface area contributed by atoms with Crippen molar-refractivity contribution in [1.29, 1.82) is 0 Å². The van der Waals surface area contributed by atoms with Crippen LogP contribution >= 0.6 is 0 Å². The largest absolute Gasteiger partial charge is 0.481 e.